The number of aryl methyl sites for hydroxylation is 1. The molecule has 11 nitrogen and oxygen atoms in total. The highest BCUT2D eigenvalue weighted by atomic mass is 19.3. The van der Waals surface area contributed by atoms with Gasteiger partial charge in [-0.05, 0) is 72.2 Å². The fraction of sp³-hybridized carbons (Fsp3) is 0.536. The lowest BCUT2D eigenvalue weighted by molar-refractivity contribution is -0.106. The third kappa shape index (κ3) is 20.7. The Morgan fingerprint density at radius 2 is 1.62 bits per heavy atom. The van der Waals surface area contributed by atoms with Gasteiger partial charge in [0.05, 0.1) is 13.7 Å². The lowest BCUT2D eigenvalue weighted by Crippen LogP contribution is -2.32. The van der Waals surface area contributed by atoms with Gasteiger partial charge in [0.25, 0.3) is 6.43 Å². The van der Waals surface area contributed by atoms with Crippen molar-refractivity contribution in [2.45, 2.75) is 65.8 Å². The molecule has 0 aromatic heterocycles. The molecule has 0 aliphatic carbocycles. The van der Waals surface area contributed by atoms with Crippen LogP contribution in [0.4, 0.5) is 13.3 Å². The number of aliphatic hydroxyl groups excluding tert-OH is 1. The molecular formula is C28H54F3N7O4. The molecule has 0 saturated carbocycles. The third-order valence-corrected chi connectivity index (χ3v) is 5.01. The zero-order chi connectivity index (χ0) is 34.1. The van der Waals surface area contributed by atoms with Crippen molar-refractivity contribution >= 4 is 30.4 Å². The average molecular weight is 610 g/mol. The van der Waals surface area contributed by atoms with Crippen molar-refractivity contribution in [3.8, 4) is 0 Å². The van der Waals surface area contributed by atoms with Gasteiger partial charge in [0.15, 0.2) is 0 Å². The first kappa shape index (κ1) is 48.6. The van der Waals surface area contributed by atoms with E-state index in [0.29, 0.717) is 18.4 Å². The van der Waals surface area contributed by atoms with Gasteiger partial charge in [0, 0.05) is 48.5 Å². The number of aldehydes is 1. The molecule has 0 radical (unpaired) electrons. The van der Waals surface area contributed by atoms with Crippen LogP contribution < -0.4 is 34.0 Å². The van der Waals surface area contributed by atoms with Crippen LogP contribution in [0, 0.1) is 5.41 Å². The molecule has 42 heavy (non-hydrogen) atoms. The molecule has 0 bridgehead atoms. The maximum atomic E-state index is 13.9. The first-order valence-electron chi connectivity index (χ1n) is 13.1. The molecule has 0 saturated heterocycles. The van der Waals surface area contributed by atoms with E-state index >= 15 is 0 Å². The standard InChI is InChI=1S/C22H34F2N4O.C2H4O.CH3FO.CH6N2.CH5N.CH2O/c1-4-7-14-8-17(15(10-25)11-26)19(22(23)24)9-18(14)20(12-27)21(6-3)28-16(5-2)13-29;1-2-3;1-3-2;2-1-3;2*1-2/h8-11,16,22,25,28-29H,4-7,12-13,26-27H2,1-3H3;2H,1H3;1H3;1-3H2;2H2,1H3;1H2/b15-11+,21-20-,25-10?;;;;;. The zero-order valence-corrected chi connectivity index (χ0v) is 25.9. The highest BCUT2D eigenvalue weighted by Crippen LogP contribution is 2.34. The molecule has 1 aromatic carbocycles. The fourth-order valence-electron chi connectivity index (χ4n) is 3.39. The summed E-state index contributed by atoms with van der Waals surface area (Å²) in [5.74, 6) is 0. The monoisotopic (exact) mass is 609 g/mol. The number of carbonyl (C=O) groups is 2. The predicted octanol–water partition coefficient (Wildman–Crippen LogP) is 2.94. The molecule has 0 spiro atoms. The van der Waals surface area contributed by atoms with Gasteiger partial charge in [-0.3, -0.25) is 0 Å². The minimum atomic E-state index is -2.72. The molecule has 1 atom stereocenters. The van der Waals surface area contributed by atoms with Crippen molar-refractivity contribution in [2.24, 2.45) is 28.7 Å². The van der Waals surface area contributed by atoms with Gasteiger partial charge in [-0.1, -0.05) is 27.2 Å². The normalized spacial score (nSPS) is 11.1. The van der Waals surface area contributed by atoms with Crippen molar-refractivity contribution in [3.63, 3.8) is 0 Å². The summed E-state index contributed by atoms with van der Waals surface area (Å²) < 4.78 is 37.6. The van der Waals surface area contributed by atoms with E-state index in [2.05, 4.69) is 27.5 Å². The van der Waals surface area contributed by atoms with Crippen LogP contribution in [0.2, 0.25) is 0 Å². The number of benzene rings is 1. The summed E-state index contributed by atoms with van der Waals surface area (Å²) >= 11 is 0. The lowest BCUT2D eigenvalue weighted by Gasteiger charge is -2.24. The maximum absolute atomic E-state index is 13.9. The molecule has 1 aromatic rings. The van der Waals surface area contributed by atoms with Crippen molar-refractivity contribution in [2.75, 3.05) is 34.0 Å². The van der Waals surface area contributed by atoms with E-state index in [9.17, 15) is 18.4 Å². The van der Waals surface area contributed by atoms with Crippen LogP contribution in [0.1, 0.15) is 75.6 Å². The van der Waals surface area contributed by atoms with Crippen LogP contribution in [0.5, 0.6) is 0 Å². The molecule has 1 unspecified atom stereocenters. The largest absolute Gasteiger partial charge is 0.404 e. The second kappa shape index (κ2) is 35.9. The van der Waals surface area contributed by atoms with Crippen LogP contribution in [-0.4, -0.2) is 64.4 Å². The van der Waals surface area contributed by atoms with Gasteiger partial charge in [-0.2, -0.15) is 4.94 Å². The molecule has 0 fully saturated rings. The fourth-order valence-corrected chi connectivity index (χ4v) is 3.39. The predicted molar refractivity (Wildman–Crippen MR) is 167 cm³/mol. The van der Waals surface area contributed by atoms with E-state index in [1.807, 2.05) is 27.6 Å². The van der Waals surface area contributed by atoms with Crippen LogP contribution in [-0.2, 0) is 21.0 Å². The molecule has 13 N–H and O–H groups in total. The number of rotatable bonds is 12. The van der Waals surface area contributed by atoms with Crippen molar-refractivity contribution in [3.05, 3.63) is 46.3 Å². The Hall–Kier alpha value is -3.14. The Balaban J connectivity index is -0.000000300. The first-order valence-corrected chi connectivity index (χ1v) is 13.1. The first-order chi connectivity index (χ1) is 20.2. The Morgan fingerprint density at radius 1 is 1.14 bits per heavy atom. The number of halogens is 3. The Morgan fingerprint density at radius 3 is 1.90 bits per heavy atom. The van der Waals surface area contributed by atoms with Gasteiger partial charge in [0.2, 0.25) is 0 Å². The summed E-state index contributed by atoms with van der Waals surface area (Å²) in [7, 11) is 2.46. The van der Waals surface area contributed by atoms with Gasteiger partial charge in [0.1, 0.15) is 13.1 Å². The van der Waals surface area contributed by atoms with Gasteiger partial charge in [-0.15, -0.1) is 0 Å². The zero-order valence-electron chi connectivity index (χ0n) is 25.9. The van der Waals surface area contributed by atoms with E-state index in [1.54, 1.807) is 6.07 Å². The number of alkyl halides is 2. The van der Waals surface area contributed by atoms with Gasteiger partial charge >= 0.3 is 0 Å². The van der Waals surface area contributed by atoms with E-state index in [1.165, 1.54) is 26.2 Å². The topological polar surface area (TPSA) is 230 Å². The highest BCUT2D eigenvalue weighted by molar-refractivity contribution is 6.09. The number of aliphatic hydroxyl groups is 1. The summed E-state index contributed by atoms with van der Waals surface area (Å²) in [6.45, 7) is 9.80. The van der Waals surface area contributed by atoms with Crippen LogP contribution in [0.3, 0.4) is 0 Å². The quantitative estimate of drug-likeness (QED) is 0.0981. The average Bonchev–Trinajstić information content (AvgIpc) is 3.00. The minimum Gasteiger partial charge on any atom is -0.404 e. The van der Waals surface area contributed by atoms with E-state index < -0.39 is 6.43 Å². The number of nitrogens with two attached hydrogens (primary N) is 5. The van der Waals surface area contributed by atoms with Gasteiger partial charge in [-0.25, -0.2) is 8.78 Å². The van der Waals surface area contributed by atoms with Crippen molar-refractivity contribution < 1.29 is 32.9 Å². The van der Waals surface area contributed by atoms with Gasteiger partial charge < -0.3 is 54.1 Å². The summed E-state index contributed by atoms with van der Waals surface area (Å²) in [5, 5.41) is 20.4. The van der Waals surface area contributed by atoms with Crippen molar-refractivity contribution in [1.29, 1.82) is 5.41 Å². The van der Waals surface area contributed by atoms with E-state index in [0.717, 1.165) is 49.3 Å². The molecule has 0 aliphatic rings. The number of nitrogens with one attached hydrogen (secondary N) is 2. The molecular weight excluding hydrogens is 555 g/mol. The Kier molecular flexibility index (Phi) is 41.5. The smallest absolute Gasteiger partial charge is 0.264 e. The number of hydrogen-bond acceptors (Lipinski definition) is 11. The molecule has 14 heteroatoms. The number of allylic oxidation sites excluding steroid dienone is 2. The maximum Gasteiger partial charge on any atom is 0.264 e. The van der Waals surface area contributed by atoms with Crippen molar-refractivity contribution in [1.82, 2.24) is 5.32 Å². The van der Waals surface area contributed by atoms with E-state index in [4.69, 9.17) is 26.5 Å². The summed E-state index contributed by atoms with van der Waals surface area (Å²) in [6, 6.07) is 3.06. The Bertz CT molecular complexity index is 853. The summed E-state index contributed by atoms with van der Waals surface area (Å²) in [6.07, 6.45) is 3.07. The molecule has 246 valence electrons. The number of carbonyl (C=O) groups excluding carboxylic acids is 2. The lowest BCUT2D eigenvalue weighted by atomic mass is 9.88. The summed E-state index contributed by atoms with van der Waals surface area (Å²) in [5.41, 5.74) is 28.9. The Labute approximate surface area is 249 Å². The third-order valence-electron chi connectivity index (χ3n) is 5.01. The number of hydrogen-bond donors (Lipinski definition) is 8. The molecule has 0 amide bonds. The SMILES string of the molecule is C=O.CC=O.CCCc1cc(/C(C=N)=C/N)c(C(F)F)cc1/C(CN)=C(/CC)NC(CC)CO.CN.COF.NCN. The van der Waals surface area contributed by atoms with Crippen LogP contribution >= 0.6 is 0 Å². The highest BCUT2D eigenvalue weighted by Gasteiger charge is 2.21. The summed E-state index contributed by atoms with van der Waals surface area (Å²) in [4.78, 5) is 19.6. The van der Waals surface area contributed by atoms with E-state index in [-0.39, 0.29) is 42.6 Å². The molecule has 1 rings (SSSR count). The second-order valence-electron chi connectivity index (χ2n) is 7.49. The van der Waals surface area contributed by atoms with Crippen LogP contribution in [0.15, 0.2) is 24.0 Å². The second-order valence-corrected chi connectivity index (χ2v) is 7.49. The minimum absolute atomic E-state index is 0.0229. The molecule has 0 aliphatic heterocycles. The molecule has 0 heterocycles. The van der Waals surface area contributed by atoms with Crippen LogP contribution in [0.25, 0.3) is 11.1 Å².